The second-order valence-electron chi connectivity index (χ2n) is 6.07. The Kier molecular flexibility index (Phi) is 6.75. The highest BCUT2D eigenvalue weighted by Gasteiger charge is 2.22. The van der Waals surface area contributed by atoms with Gasteiger partial charge in [0.1, 0.15) is 5.75 Å². The van der Waals surface area contributed by atoms with Crippen LogP contribution in [0.25, 0.3) is 0 Å². The number of hydrogen-bond acceptors (Lipinski definition) is 3. The summed E-state index contributed by atoms with van der Waals surface area (Å²) in [6.07, 6.45) is 2.24. The summed E-state index contributed by atoms with van der Waals surface area (Å²) in [5, 5.41) is 13.0. The first-order valence-corrected chi connectivity index (χ1v) is 9.74. The lowest BCUT2D eigenvalue weighted by molar-refractivity contribution is 0.0927. The molecule has 1 aromatic carbocycles. The molecule has 0 aliphatic carbocycles. The lowest BCUT2D eigenvalue weighted by Crippen LogP contribution is -2.41. The molecular formula is C16H22I2N2O2. The molecule has 1 aromatic rings. The van der Waals surface area contributed by atoms with Gasteiger partial charge in [0.2, 0.25) is 0 Å². The van der Waals surface area contributed by atoms with E-state index in [1.807, 2.05) is 28.7 Å². The normalized spacial score (nSPS) is 17.0. The summed E-state index contributed by atoms with van der Waals surface area (Å²) < 4.78 is 1.66. The number of benzene rings is 1. The standard InChI is InChI=1S/C16H22I2N2O2/c1-10(2)20-5-3-11(4-6-20)9-19-16(22)13-7-12(17)8-14(18)15(13)21/h7-8,10-11,21H,3-6,9H2,1-2H3,(H,19,22). The highest BCUT2D eigenvalue weighted by atomic mass is 127. The van der Waals surface area contributed by atoms with E-state index in [1.54, 1.807) is 6.07 Å². The van der Waals surface area contributed by atoms with E-state index in [2.05, 4.69) is 46.7 Å². The molecule has 0 aromatic heterocycles. The second kappa shape index (κ2) is 8.14. The van der Waals surface area contributed by atoms with E-state index in [1.165, 1.54) is 0 Å². The lowest BCUT2D eigenvalue weighted by Gasteiger charge is -2.34. The fourth-order valence-corrected chi connectivity index (χ4v) is 4.59. The van der Waals surface area contributed by atoms with Crippen LogP contribution in [0.1, 0.15) is 37.0 Å². The van der Waals surface area contributed by atoms with Crippen molar-refractivity contribution < 1.29 is 9.90 Å². The zero-order valence-corrected chi connectivity index (χ0v) is 17.2. The predicted octanol–water partition coefficient (Wildman–Crippen LogP) is 3.45. The van der Waals surface area contributed by atoms with E-state index in [0.29, 0.717) is 27.6 Å². The van der Waals surface area contributed by atoms with Crippen LogP contribution in [0, 0.1) is 13.1 Å². The van der Waals surface area contributed by atoms with Gasteiger partial charge in [-0.3, -0.25) is 4.79 Å². The number of rotatable bonds is 4. The molecule has 1 saturated heterocycles. The molecule has 22 heavy (non-hydrogen) atoms. The molecule has 1 amide bonds. The number of likely N-dealkylation sites (tertiary alicyclic amines) is 1. The Morgan fingerprint density at radius 1 is 1.36 bits per heavy atom. The molecule has 2 rings (SSSR count). The van der Waals surface area contributed by atoms with Crippen molar-refractivity contribution in [3.63, 3.8) is 0 Å². The van der Waals surface area contributed by atoms with Gasteiger partial charge in [-0.2, -0.15) is 0 Å². The molecule has 0 unspecified atom stereocenters. The number of hydrogen-bond donors (Lipinski definition) is 2. The molecular weight excluding hydrogens is 506 g/mol. The monoisotopic (exact) mass is 528 g/mol. The van der Waals surface area contributed by atoms with Crippen LogP contribution in [0.5, 0.6) is 5.75 Å². The van der Waals surface area contributed by atoms with Gasteiger partial charge < -0.3 is 15.3 Å². The average molecular weight is 528 g/mol. The number of amides is 1. The van der Waals surface area contributed by atoms with Gasteiger partial charge in [-0.05, 0) is 103 Å². The van der Waals surface area contributed by atoms with E-state index in [-0.39, 0.29) is 11.7 Å². The first kappa shape index (κ1) is 18.3. The quantitative estimate of drug-likeness (QED) is 0.590. The Balaban J connectivity index is 1.89. The number of phenols is 1. The molecule has 1 heterocycles. The fraction of sp³-hybridized carbons (Fsp3) is 0.562. The van der Waals surface area contributed by atoms with Gasteiger partial charge in [-0.25, -0.2) is 0 Å². The number of carbonyl (C=O) groups is 1. The average Bonchev–Trinajstić information content (AvgIpc) is 2.48. The summed E-state index contributed by atoms with van der Waals surface area (Å²) in [7, 11) is 0. The zero-order valence-electron chi connectivity index (χ0n) is 12.9. The molecule has 4 nitrogen and oxygen atoms in total. The van der Waals surface area contributed by atoms with Crippen LogP contribution in [0.4, 0.5) is 0 Å². The maximum absolute atomic E-state index is 12.3. The van der Waals surface area contributed by atoms with Crippen LogP contribution < -0.4 is 5.32 Å². The number of nitrogens with one attached hydrogen (secondary N) is 1. The van der Waals surface area contributed by atoms with E-state index in [0.717, 1.165) is 29.5 Å². The third kappa shape index (κ3) is 4.70. The van der Waals surface area contributed by atoms with Gasteiger partial charge in [-0.1, -0.05) is 0 Å². The van der Waals surface area contributed by atoms with Crippen molar-refractivity contribution in [3.05, 3.63) is 24.8 Å². The first-order chi connectivity index (χ1) is 10.4. The van der Waals surface area contributed by atoms with E-state index >= 15 is 0 Å². The van der Waals surface area contributed by atoms with Crippen LogP contribution in [-0.2, 0) is 0 Å². The van der Waals surface area contributed by atoms with Crippen molar-refractivity contribution in [2.24, 2.45) is 5.92 Å². The Morgan fingerprint density at radius 3 is 2.59 bits per heavy atom. The number of piperidine rings is 1. The highest BCUT2D eigenvalue weighted by Crippen LogP contribution is 2.27. The third-order valence-corrected chi connectivity index (χ3v) is 5.65. The summed E-state index contributed by atoms with van der Waals surface area (Å²) in [6, 6.07) is 4.19. The topological polar surface area (TPSA) is 52.6 Å². The summed E-state index contributed by atoms with van der Waals surface area (Å²) in [4.78, 5) is 14.8. The van der Waals surface area contributed by atoms with Crippen LogP contribution in [0.15, 0.2) is 12.1 Å². The number of halogens is 2. The minimum atomic E-state index is -0.180. The maximum atomic E-state index is 12.3. The molecule has 1 aliphatic heterocycles. The molecule has 0 bridgehead atoms. The maximum Gasteiger partial charge on any atom is 0.255 e. The van der Waals surface area contributed by atoms with Crippen LogP contribution >= 0.6 is 45.2 Å². The molecule has 0 spiro atoms. The van der Waals surface area contributed by atoms with Crippen molar-refractivity contribution >= 4 is 51.1 Å². The summed E-state index contributed by atoms with van der Waals surface area (Å²) in [5.74, 6) is 0.427. The van der Waals surface area contributed by atoms with Crippen molar-refractivity contribution in [1.82, 2.24) is 10.2 Å². The van der Waals surface area contributed by atoms with E-state index in [9.17, 15) is 9.90 Å². The van der Waals surface area contributed by atoms with Crippen LogP contribution in [0.2, 0.25) is 0 Å². The van der Waals surface area contributed by atoms with Gasteiger partial charge in [0.25, 0.3) is 5.91 Å². The highest BCUT2D eigenvalue weighted by molar-refractivity contribution is 14.1. The predicted molar refractivity (Wildman–Crippen MR) is 105 cm³/mol. The molecule has 0 radical (unpaired) electrons. The van der Waals surface area contributed by atoms with Crippen molar-refractivity contribution in [3.8, 4) is 5.75 Å². The molecule has 2 N–H and O–H groups in total. The first-order valence-electron chi connectivity index (χ1n) is 7.58. The largest absolute Gasteiger partial charge is 0.506 e. The second-order valence-corrected chi connectivity index (χ2v) is 8.47. The molecule has 1 aliphatic rings. The molecule has 122 valence electrons. The van der Waals surface area contributed by atoms with Gasteiger partial charge in [0.15, 0.2) is 0 Å². The molecule has 1 fully saturated rings. The number of aromatic hydroxyl groups is 1. The number of nitrogens with zero attached hydrogens (tertiary/aromatic N) is 1. The fourth-order valence-electron chi connectivity index (χ4n) is 2.74. The molecule has 0 saturated carbocycles. The Morgan fingerprint density at radius 2 is 2.00 bits per heavy atom. The molecule has 0 atom stereocenters. The van der Waals surface area contributed by atoms with Crippen LogP contribution in [-0.4, -0.2) is 41.6 Å². The number of carbonyl (C=O) groups excluding carboxylic acids is 1. The Bertz CT molecular complexity index is 541. The van der Waals surface area contributed by atoms with E-state index < -0.39 is 0 Å². The van der Waals surface area contributed by atoms with Gasteiger partial charge in [0.05, 0.1) is 9.13 Å². The third-order valence-electron chi connectivity index (χ3n) is 4.20. The van der Waals surface area contributed by atoms with Crippen molar-refractivity contribution in [2.45, 2.75) is 32.7 Å². The van der Waals surface area contributed by atoms with Crippen LogP contribution in [0.3, 0.4) is 0 Å². The Labute approximate surface area is 159 Å². The van der Waals surface area contributed by atoms with E-state index in [4.69, 9.17) is 0 Å². The minimum absolute atomic E-state index is 0.0770. The number of phenolic OH excluding ortho intramolecular Hbond substituents is 1. The SMILES string of the molecule is CC(C)N1CCC(CNC(=O)c2cc(I)cc(I)c2O)CC1. The lowest BCUT2D eigenvalue weighted by atomic mass is 9.96. The zero-order chi connectivity index (χ0) is 16.3. The summed E-state index contributed by atoms with van der Waals surface area (Å²) in [6.45, 7) is 7.34. The van der Waals surface area contributed by atoms with Gasteiger partial charge in [0, 0.05) is 16.2 Å². The molecule has 6 heteroatoms. The van der Waals surface area contributed by atoms with Gasteiger partial charge >= 0.3 is 0 Å². The smallest absolute Gasteiger partial charge is 0.255 e. The van der Waals surface area contributed by atoms with Gasteiger partial charge in [-0.15, -0.1) is 0 Å². The summed E-state index contributed by atoms with van der Waals surface area (Å²) >= 11 is 4.21. The van der Waals surface area contributed by atoms with Crippen molar-refractivity contribution in [2.75, 3.05) is 19.6 Å². The summed E-state index contributed by atoms with van der Waals surface area (Å²) in [5.41, 5.74) is 0.371. The Hall–Kier alpha value is -0.0900. The van der Waals surface area contributed by atoms with Crippen molar-refractivity contribution in [1.29, 1.82) is 0 Å². The minimum Gasteiger partial charge on any atom is -0.506 e.